The summed E-state index contributed by atoms with van der Waals surface area (Å²) in [6, 6.07) is 0. The fourth-order valence-electron chi connectivity index (χ4n) is 1.36. The number of hydrogen-bond donors (Lipinski definition) is 4. The molecule has 1 aromatic heterocycles. The molecule has 0 saturated carbocycles. The molecule has 90 valence electrons. The number of amides is 1. The smallest absolute Gasteiger partial charge is 0.288 e. The largest absolute Gasteiger partial charge is 0.388 e. The van der Waals surface area contributed by atoms with E-state index in [1.54, 1.807) is 6.92 Å². The van der Waals surface area contributed by atoms with Gasteiger partial charge in [-0.05, 0) is 13.3 Å². The molecule has 0 radical (unpaired) electrons. The van der Waals surface area contributed by atoms with E-state index in [4.69, 9.17) is 5.73 Å². The Balaban J connectivity index is 2.47. The second kappa shape index (κ2) is 4.93. The first kappa shape index (κ1) is 12.4. The van der Waals surface area contributed by atoms with Gasteiger partial charge in [0.15, 0.2) is 0 Å². The number of carbonyl (C=O) groups is 1. The number of nitrogens with one attached hydrogen (secondary N) is 2. The molecule has 7 nitrogen and oxygen atoms in total. The van der Waals surface area contributed by atoms with Crippen molar-refractivity contribution in [2.75, 3.05) is 12.3 Å². The molecule has 5 N–H and O–H groups in total. The molecule has 0 aliphatic carbocycles. The first-order valence-electron chi connectivity index (χ1n) is 5.13. The summed E-state index contributed by atoms with van der Waals surface area (Å²) < 4.78 is 0. The minimum atomic E-state index is -0.907. The number of rotatable bonds is 5. The van der Waals surface area contributed by atoms with Gasteiger partial charge in [0, 0.05) is 6.54 Å². The van der Waals surface area contributed by atoms with Crippen LogP contribution in [0, 0.1) is 0 Å². The average molecular weight is 227 g/mol. The molecule has 0 aromatic carbocycles. The first-order chi connectivity index (χ1) is 7.44. The predicted octanol–water partition coefficient (Wildman–Crippen LogP) is -0.332. The molecule has 1 amide bonds. The standard InChI is InChI=1S/C9H17N5O2/c1-3-4-9(2,16)5-11-7(15)6-12-8(10)14-13-6/h16H,3-5H2,1-2H3,(H,11,15)(H3,10,12,13,14). The number of carbonyl (C=O) groups excluding carboxylic acids is 1. The fourth-order valence-corrected chi connectivity index (χ4v) is 1.36. The molecule has 1 aromatic rings. The zero-order valence-electron chi connectivity index (χ0n) is 9.45. The number of nitrogens with zero attached hydrogens (tertiary/aromatic N) is 2. The lowest BCUT2D eigenvalue weighted by molar-refractivity contribution is 0.0467. The molecule has 0 bridgehead atoms. The lowest BCUT2D eigenvalue weighted by Crippen LogP contribution is -2.40. The van der Waals surface area contributed by atoms with Crippen LogP contribution < -0.4 is 11.1 Å². The Hall–Kier alpha value is -1.63. The van der Waals surface area contributed by atoms with Crippen molar-refractivity contribution in [3.63, 3.8) is 0 Å². The number of nitrogens with two attached hydrogens (primary N) is 1. The maximum Gasteiger partial charge on any atom is 0.288 e. The van der Waals surface area contributed by atoms with Crippen LogP contribution in [0.25, 0.3) is 0 Å². The highest BCUT2D eigenvalue weighted by molar-refractivity contribution is 5.90. The number of anilines is 1. The van der Waals surface area contributed by atoms with E-state index in [1.165, 1.54) is 0 Å². The van der Waals surface area contributed by atoms with Gasteiger partial charge in [0.05, 0.1) is 5.60 Å². The fraction of sp³-hybridized carbons (Fsp3) is 0.667. The Morgan fingerprint density at radius 2 is 2.38 bits per heavy atom. The Morgan fingerprint density at radius 3 is 2.88 bits per heavy atom. The van der Waals surface area contributed by atoms with Crippen molar-refractivity contribution in [2.24, 2.45) is 0 Å². The summed E-state index contributed by atoms with van der Waals surface area (Å²) in [5.41, 5.74) is 4.36. The summed E-state index contributed by atoms with van der Waals surface area (Å²) in [5, 5.41) is 18.3. The quantitative estimate of drug-likeness (QED) is 0.549. The van der Waals surface area contributed by atoms with E-state index in [0.29, 0.717) is 6.42 Å². The molecule has 0 spiro atoms. The molecule has 7 heteroatoms. The van der Waals surface area contributed by atoms with Crippen molar-refractivity contribution < 1.29 is 9.90 Å². The average Bonchev–Trinajstić information content (AvgIpc) is 2.61. The highest BCUT2D eigenvalue weighted by Gasteiger charge is 2.21. The molecule has 0 fully saturated rings. The Morgan fingerprint density at radius 1 is 1.69 bits per heavy atom. The lowest BCUT2D eigenvalue weighted by Gasteiger charge is -2.22. The van der Waals surface area contributed by atoms with E-state index in [2.05, 4.69) is 20.5 Å². The number of nitrogen functional groups attached to an aromatic ring is 1. The van der Waals surface area contributed by atoms with Crippen molar-refractivity contribution >= 4 is 11.9 Å². The van der Waals surface area contributed by atoms with Crippen molar-refractivity contribution in [1.82, 2.24) is 20.5 Å². The van der Waals surface area contributed by atoms with E-state index in [1.807, 2.05) is 6.92 Å². The number of aromatic nitrogens is 3. The molecule has 0 aliphatic heterocycles. The summed E-state index contributed by atoms with van der Waals surface area (Å²) >= 11 is 0. The Kier molecular flexibility index (Phi) is 3.83. The van der Waals surface area contributed by atoms with Crippen molar-refractivity contribution in [1.29, 1.82) is 0 Å². The number of hydrogen-bond acceptors (Lipinski definition) is 5. The summed E-state index contributed by atoms with van der Waals surface area (Å²) in [4.78, 5) is 15.2. The Labute approximate surface area is 93.4 Å². The maximum absolute atomic E-state index is 11.5. The molecule has 16 heavy (non-hydrogen) atoms. The maximum atomic E-state index is 11.5. The van der Waals surface area contributed by atoms with Crippen LogP contribution in [0.15, 0.2) is 0 Å². The van der Waals surface area contributed by atoms with Gasteiger partial charge in [0.1, 0.15) is 0 Å². The minimum Gasteiger partial charge on any atom is -0.388 e. The van der Waals surface area contributed by atoms with Crippen LogP contribution >= 0.6 is 0 Å². The number of aromatic amines is 1. The van der Waals surface area contributed by atoms with Gasteiger partial charge in [-0.25, -0.2) is 0 Å². The third-order valence-electron chi connectivity index (χ3n) is 2.14. The third kappa shape index (κ3) is 3.50. The van der Waals surface area contributed by atoms with Crippen LogP contribution in [0.2, 0.25) is 0 Å². The molecule has 1 rings (SSSR count). The van der Waals surface area contributed by atoms with E-state index in [-0.39, 0.29) is 18.3 Å². The van der Waals surface area contributed by atoms with Gasteiger partial charge in [-0.1, -0.05) is 13.3 Å². The zero-order chi connectivity index (χ0) is 12.2. The van der Waals surface area contributed by atoms with Gasteiger partial charge in [0.2, 0.25) is 11.8 Å². The lowest BCUT2D eigenvalue weighted by atomic mass is 10.0. The zero-order valence-corrected chi connectivity index (χ0v) is 9.45. The van der Waals surface area contributed by atoms with Crippen molar-refractivity contribution in [3.05, 3.63) is 5.82 Å². The molecule has 1 atom stereocenters. The summed E-state index contributed by atoms with van der Waals surface area (Å²) in [6.45, 7) is 3.80. The topological polar surface area (TPSA) is 117 Å². The summed E-state index contributed by atoms with van der Waals surface area (Å²) in [6.07, 6.45) is 1.46. The highest BCUT2D eigenvalue weighted by Crippen LogP contribution is 2.10. The second-order valence-corrected chi connectivity index (χ2v) is 3.97. The van der Waals surface area contributed by atoms with E-state index < -0.39 is 11.5 Å². The third-order valence-corrected chi connectivity index (χ3v) is 2.14. The second-order valence-electron chi connectivity index (χ2n) is 3.97. The highest BCUT2D eigenvalue weighted by atomic mass is 16.3. The van der Waals surface area contributed by atoms with Crippen LogP contribution in [0.3, 0.4) is 0 Å². The molecule has 0 aliphatic rings. The first-order valence-corrected chi connectivity index (χ1v) is 5.13. The SMILES string of the molecule is CCCC(C)(O)CNC(=O)c1nc(N)n[nH]1. The monoisotopic (exact) mass is 227 g/mol. The molecule has 1 heterocycles. The van der Waals surface area contributed by atoms with Crippen LogP contribution in [-0.4, -0.2) is 38.3 Å². The molecule has 1 unspecified atom stereocenters. The van der Waals surface area contributed by atoms with Crippen LogP contribution in [-0.2, 0) is 0 Å². The van der Waals surface area contributed by atoms with Gasteiger partial charge in [-0.15, -0.1) is 5.10 Å². The van der Waals surface area contributed by atoms with Crippen LogP contribution in [0.5, 0.6) is 0 Å². The molecular weight excluding hydrogens is 210 g/mol. The number of aliphatic hydroxyl groups is 1. The van der Waals surface area contributed by atoms with Gasteiger partial charge >= 0.3 is 0 Å². The van der Waals surface area contributed by atoms with Gasteiger partial charge < -0.3 is 16.2 Å². The van der Waals surface area contributed by atoms with Crippen molar-refractivity contribution in [2.45, 2.75) is 32.3 Å². The van der Waals surface area contributed by atoms with Crippen LogP contribution in [0.4, 0.5) is 5.95 Å². The minimum absolute atomic E-state index is 0.0190. The number of H-pyrrole nitrogens is 1. The molecule has 0 saturated heterocycles. The summed E-state index contributed by atoms with van der Waals surface area (Å²) in [5.74, 6) is -0.365. The van der Waals surface area contributed by atoms with Gasteiger partial charge in [-0.3, -0.25) is 9.89 Å². The molecular formula is C9H17N5O2. The van der Waals surface area contributed by atoms with Crippen LogP contribution in [0.1, 0.15) is 37.3 Å². The summed E-state index contributed by atoms with van der Waals surface area (Å²) in [7, 11) is 0. The predicted molar refractivity (Wildman–Crippen MR) is 58.7 cm³/mol. The van der Waals surface area contributed by atoms with Gasteiger partial charge in [0.25, 0.3) is 5.91 Å². The van der Waals surface area contributed by atoms with E-state index in [0.717, 1.165) is 6.42 Å². The van der Waals surface area contributed by atoms with E-state index >= 15 is 0 Å². The van der Waals surface area contributed by atoms with Crippen molar-refractivity contribution in [3.8, 4) is 0 Å². The normalized spacial score (nSPS) is 14.4. The Bertz CT molecular complexity index is 361. The van der Waals surface area contributed by atoms with E-state index in [9.17, 15) is 9.90 Å². The van der Waals surface area contributed by atoms with Gasteiger partial charge in [-0.2, -0.15) is 4.98 Å².